The Morgan fingerprint density at radius 3 is 2.66 bits per heavy atom. The highest BCUT2D eigenvalue weighted by molar-refractivity contribution is 5.77. The van der Waals surface area contributed by atoms with Crippen molar-refractivity contribution in [2.75, 3.05) is 6.61 Å². The molecule has 5 rings (SSSR count). The van der Waals surface area contributed by atoms with Crippen molar-refractivity contribution in [2.45, 2.75) is 32.4 Å². The van der Waals surface area contributed by atoms with Crippen LogP contribution in [-0.2, 0) is 24.3 Å². The Labute approximate surface area is 200 Å². The van der Waals surface area contributed by atoms with Crippen LogP contribution >= 0.6 is 0 Å². The number of amides is 1. The fraction of sp³-hybridized carbons (Fsp3) is 0.231. The van der Waals surface area contributed by atoms with Gasteiger partial charge in [0.15, 0.2) is 5.58 Å². The maximum atomic E-state index is 12.3. The van der Waals surface area contributed by atoms with E-state index in [1.165, 1.54) is 28.3 Å². The number of hydrogen-bond donors (Lipinski definition) is 1. The molecule has 0 unspecified atom stereocenters. The molecule has 0 atom stereocenters. The van der Waals surface area contributed by atoms with Gasteiger partial charge in [-0.2, -0.15) is 0 Å². The summed E-state index contributed by atoms with van der Waals surface area (Å²) >= 11 is 0. The van der Waals surface area contributed by atoms with Crippen LogP contribution in [0.1, 0.15) is 24.0 Å². The number of aryl methyl sites for hydroxylation is 1. The van der Waals surface area contributed by atoms with E-state index in [0.29, 0.717) is 18.5 Å². The van der Waals surface area contributed by atoms with Crippen molar-refractivity contribution in [3.05, 3.63) is 92.5 Å². The van der Waals surface area contributed by atoms with Crippen LogP contribution in [0, 0.1) is 10.1 Å². The minimum absolute atomic E-state index is 0.121. The maximum Gasteiger partial charge on any atom is 0.419 e. The first-order valence-electron chi connectivity index (χ1n) is 11.4. The van der Waals surface area contributed by atoms with Crippen LogP contribution < -0.4 is 15.8 Å². The van der Waals surface area contributed by atoms with E-state index in [1.807, 2.05) is 30.3 Å². The zero-order valence-electron chi connectivity index (χ0n) is 18.9. The van der Waals surface area contributed by atoms with Gasteiger partial charge in [0.05, 0.1) is 23.1 Å². The summed E-state index contributed by atoms with van der Waals surface area (Å²) in [5, 5.41) is 13.8. The van der Waals surface area contributed by atoms with Gasteiger partial charge in [-0.15, -0.1) is 0 Å². The number of ether oxygens (including phenoxy) is 1. The number of oxazole rings is 1. The highest BCUT2D eigenvalue weighted by Gasteiger charge is 2.15. The van der Waals surface area contributed by atoms with Gasteiger partial charge < -0.3 is 14.5 Å². The molecule has 1 N–H and O–H groups in total. The number of nitrogens with one attached hydrogen (secondary N) is 1. The molecule has 1 aliphatic rings. The SMILES string of the molecule is O=C(CCCn1c(=O)oc2cc([N+](=O)[O-])ccc21)NCc1ccc(-c2ccc3c(c2)CCO3)cc1. The maximum absolute atomic E-state index is 12.3. The quantitative estimate of drug-likeness (QED) is 0.303. The van der Waals surface area contributed by atoms with E-state index in [0.717, 1.165) is 35.5 Å². The Morgan fingerprint density at radius 2 is 1.86 bits per heavy atom. The Bertz CT molecular complexity index is 1470. The number of fused-ring (bicyclic) bond motifs is 2. The lowest BCUT2D eigenvalue weighted by molar-refractivity contribution is -0.384. The zero-order valence-corrected chi connectivity index (χ0v) is 18.9. The lowest BCUT2D eigenvalue weighted by Gasteiger charge is -2.08. The average molecular weight is 473 g/mol. The first-order chi connectivity index (χ1) is 17.0. The molecule has 9 heteroatoms. The van der Waals surface area contributed by atoms with Crippen molar-refractivity contribution in [3.63, 3.8) is 0 Å². The molecule has 0 saturated heterocycles. The van der Waals surface area contributed by atoms with Gasteiger partial charge in [-0.25, -0.2) is 4.79 Å². The number of rotatable bonds is 8. The van der Waals surface area contributed by atoms with Gasteiger partial charge in [0, 0.05) is 32.0 Å². The third-order valence-electron chi connectivity index (χ3n) is 6.11. The summed E-state index contributed by atoms with van der Waals surface area (Å²) in [5.74, 6) is 0.240. The molecule has 0 saturated carbocycles. The van der Waals surface area contributed by atoms with Gasteiger partial charge in [-0.1, -0.05) is 30.3 Å². The normalized spacial score (nSPS) is 12.3. The van der Waals surface area contributed by atoms with Gasteiger partial charge >= 0.3 is 5.76 Å². The van der Waals surface area contributed by atoms with Gasteiger partial charge in [0.25, 0.3) is 5.69 Å². The molecular weight excluding hydrogens is 450 g/mol. The van der Waals surface area contributed by atoms with Crippen molar-refractivity contribution in [1.82, 2.24) is 9.88 Å². The first kappa shape index (κ1) is 22.4. The number of nitrogens with zero attached hydrogens (tertiary/aromatic N) is 2. The number of benzene rings is 3. The van der Waals surface area contributed by atoms with Crippen molar-refractivity contribution >= 4 is 22.7 Å². The minimum atomic E-state index is -0.600. The molecule has 0 fully saturated rings. The lowest BCUT2D eigenvalue weighted by atomic mass is 10.0. The van der Waals surface area contributed by atoms with Gasteiger partial charge in [0.2, 0.25) is 5.91 Å². The number of carbonyl (C=O) groups is 1. The van der Waals surface area contributed by atoms with E-state index in [2.05, 4.69) is 17.4 Å². The van der Waals surface area contributed by atoms with Crippen molar-refractivity contribution in [2.24, 2.45) is 0 Å². The molecule has 0 aliphatic carbocycles. The molecule has 35 heavy (non-hydrogen) atoms. The van der Waals surface area contributed by atoms with Crippen molar-refractivity contribution in [3.8, 4) is 16.9 Å². The number of nitro groups is 1. The zero-order chi connectivity index (χ0) is 24.4. The molecule has 3 aromatic carbocycles. The molecule has 0 radical (unpaired) electrons. The summed E-state index contributed by atoms with van der Waals surface area (Å²) in [6, 6.07) is 18.3. The van der Waals surface area contributed by atoms with E-state index in [1.54, 1.807) is 0 Å². The molecule has 1 amide bonds. The highest BCUT2D eigenvalue weighted by Crippen LogP contribution is 2.30. The Morgan fingerprint density at radius 1 is 1.06 bits per heavy atom. The third kappa shape index (κ3) is 4.79. The number of aromatic nitrogens is 1. The van der Waals surface area contributed by atoms with Gasteiger partial charge in [-0.3, -0.25) is 19.5 Å². The molecule has 1 aliphatic heterocycles. The molecule has 0 bridgehead atoms. The number of carbonyl (C=O) groups excluding carboxylic acids is 1. The Hall–Kier alpha value is -4.40. The van der Waals surface area contributed by atoms with Crippen LogP contribution in [-0.4, -0.2) is 22.0 Å². The lowest BCUT2D eigenvalue weighted by Crippen LogP contribution is -2.23. The summed E-state index contributed by atoms with van der Waals surface area (Å²) in [6.45, 7) is 1.42. The monoisotopic (exact) mass is 473 g/mol. The van der Waals surface area contributed by atoms with Crippen LogP contribution in [0.4, 0.5) is 5.69 Å². The fourth-order valence-corrected chi connectivity index (χ4v) is 4.25. The minimum Gasteiger partial charge on any atom is -0.493 e. The standard InChI is InChI=1S/C26H23N3O6/c30-25(2-1-12-28-22-9-8-21(29(32)33)15-24(22)35-26(28)31)27-16-17-3-5-18(6-4-17)19-7-10-23-20(14-19)11-13-34-23/h3-10,14-15H,1-2,11-13,16H2,(H,27,30). The second kappa shape index (κ2) is 9.46. The summed E-state index contributed by atoms with van der Waals surface area (Å²) in [5.41, 5.74) is 4.95. The van der Waals surface area contributed by atoms with E-state index in [-0.39, 0.29) is 30.1 Å². The molecule has 4 aromatic rings. The molecule has 2 heterocycles. The predicted octanol–water partition coefficient (Wildman–Crippen LogP) is 4.20. The number of non-ortho nitro benzene ring substituents is 1. The molecule has 9 nitrogen and oxygen atoms in total. The topological polar surface area (TPSA) is 117 Å². The van der Waals surface area contributed by atoms with Crippen LogP contribution in [0.3, 0.4) is 0 Å². The summed E-state index contributed by atoms with van der Waals surface area (Å²) in [7, 11) is 0. The van der Waals surface area contributed by atoms with Crippen molar-refractivity contribution < 1.29 is 18.9 Å². The van der Waals surface area contributed by atoms with E-state index in [9.17, 15) is 19.7 Å². The fourth-order valence-electron chi connectivity index (χ4n) is 4.25. The Balaban J connectivity index is 1.13. The number of hydrogen-bond acceptors (Lipinski definition) is 6. The third-order valence-corrected chi connectivity index (χ3v) is 6.11. The van der Waals surface area contributed by atoms with E-state index in [4.69, 9.17) is 9.15 Å². The summed E-state index contributed by atoms with van der Waals surface area (Å²) < 4.78 is 12.1. The highest BCUT2D eigenvalue weighted by atomic mass is 16.6. The first-order valence-corrected chi connectivity index (χ1v) is 11.4. The van der Waals surface area contributed by atoms with Crippen LogP contribution in [0.15, 0.2) is 69.9 Å². The Kier molecular flexibility index (Phi) is 6.05. The van der Waals surface area contributed by atoms with Gasteiger partial charge in [0.1, 0.15) is 5.75 Å². The smallest absolute Gasteiger partial charge is 0.419 e. The largest absolute Gasteiger partial charge is 0.493 e. The molecule has 0 spiro atoms. The average Bonchev–Trinajstić information content (AvgIpc) is 3.46. The van der Waals surface area contributed by atoms with Gasteiger partial charge in [-0.05, 0) is 46.9 Å². The van der Waals surface area contributed by atoms with E-state index >= 15 is 0 Å². The second-order valence-corrected chi connectivity index (χ2v) is 8.43. The number of nitro benzene ring substituents is 1. The van der Waals surface area contributed by atoms with Crippen LogP contribution in [0.2, 0.25) is 0 Å². The van der Waals surface area contributed by atoms with Crippen LogP contribution in [0.5, 0.6) is 5.75 Å². The van der Waals surface area contributed by atoms with E-state index < -0.39 is 10.7 Å². The summed E-state index contributed by atoms with van der Waals surface area (Å²) in [6.07, 6.45) is 1.60. The summed E-state index contributed by atoms with van der Waals surface area (Å²) in [4.78, 5) is 34.8. The molecule has 1 aromatic heterocycles. The second-order valence-electron chi connectivity index (χ2n) is 8.43. The molecule has 178 valence electrons. The van der Waals surface area contributed by atoms with Crippen molar-refractivity contribution in [1.29, 1.82) is 0 Å². The van der Waals surface area contributed by atoms with Crippen LogP contribution in [0.25, 0.3) is 22.2 Å². The predicted molar refractivity (Wildman–Crippen MR) is 129 cm³/mol. The molecular formula is C26H23N3O6.